The molecular formula is C13H9F4NO3. The van der Waals surface area contributed by atoms with Crippen LogP contribution in [0.4, 0.5) is 17.6 Å². The average Bonchev–Trinajstić information content (AvgIpc) is 2.38. The number of pyridine rings is 1. The molecule has 0 atom stereocenters. The SMILES string of the molecule is COC(=O)Cc1cc2cc(C(F)(F)F)c(F)cc2[nH]c1=O. The second-order valence-electron chi connectivity index (χ2n) is 4.29. The van der Waals surface area contributed by atoms with Gasteiger partial charge in [-0.05, 0) is 23.6 Å². The Bertz CT molecular complexity index is 764. The van der Waals surface area contributed by atoms with Crippen molar-refractivity contribution in [3.05, 3.63) is 45.5 Å². The summed E-state index contributed by atoms with van der Waals surface area (Å²) in [6.45, 7) is 0. The Balaban J connectivity index is 2.62. The number of aromatic amines is 1. The summed E-state index contributed by atoms with van der Waals surface area (Å²) >= 11 is 0. The minimum absolute atomic E-state index is 0.0257. The van der Waals surface area contributed by atoms with Gasteiger partial charge in [-0.1, -0.05) is 0 Å². The van der Waals surface area contributed by atoms with Crippen LogP contribution in [-0.2, 0) is 22.1 Å². The van der Waals surface area contributed by atoms with Gasteiger partial charge in [0.1, 0.15) is 5.82 Å². The smallest absolute Gasteiger partial charge is 0.419 e. The zero-order chi connectivity index (χ0) is 15.8. The molecule has 112 valence electrons. The van der Waals surface area contributed by atoms with Crippen molar-refractivity contribution in [3.63, 3.8) is 0 Å². The van der Waals surface area contributed by atoms with Crippen molar-refractivity contribution in [2.75, 3.05) is 7.11 Å². The highest BCUT2D eigenvalue weighted by Gasteiger charge is 2.34. The molecule has 0 bridgehead atoms. The quantitative estimate of drug-likeness (QED) is 0.684. The Morgan fingerprint density at radius 3 is 2.52 bits per heavy atom. The van der Waals surface area contributed by atoms with Crippen molar-refractivity contribution in [2.45, 2.75) is 12.6 Å². The van der Waals surface area contributed by atoms with E-state index in [1.165, 1.54) is 0 Å². The van der Waals surface area contributed by atoms with Crippen LogP contribution in [0.15, 0.2) is 23.0 Å². The largest absolute Gasteiger partial charge is 0.469 e. The molecule has 2 aromatic rings. The number of fused-ring (bicyclic) bond motifs is 1. The summed E-state index contributed by atoms with van der Waals surface area (Å²) in [7, 11) is 1.12. The number of ether oxygens (including phenoxy) is 1. The molecule has 21 heavy (non-hydrogen) atoms. The van der Waals surface area contributed by atoms with E-state index in [2.05, 4.69) is 9.72 Å². The van der Waals surface area contributed by atoms with E-state index in [4.69, 9.17) is 0 Å². The van der Waals surface area contributed by atoms with Gasteiger partial charge in [0.05, 0.1) is 24.6 Å². The van der Waals surface area contributed by atoms with Crippen molar-refractivity contribution in [2.24, 2.45) is 0 Å². The van der Waals surface area contributed by atoms with E-state index in [1.807, 2.05) is 0 Å². The zero-order valence-electron chi connectivity index (χ0n) is 10.7. The molecule has 2 rings (SSSR count). The summed E-state index contributed by atoms with van der Waals surface area (Å²) < 4.78 is 55.7. The third-order valence-corrected chi connectivity index (χ3v) is 2.88. The fourth-order valence-corrected chi connectivity index (χ4v) is 1.85. The minimum atomic E-state index is -4.85. The first-order valence-corrected chi connectivity index (χ1v) is 5.72. The van der Waals surface area contributed by atoms with E-state index in [9.17, 15) is 27.2 Å². The van der Waals surface area contributed by atoms with Gasteiger partial charge < -0.3 is 9.72 Å². The van der Waals surface area contributed by atoms with Crippen molar-refractivity contribution in [1.82, 2.24) is 4.98 Å². The lowest BCUT2D eigenvalue weighted by atomic mass is 10.1. The van der Waals surface area contributed by atoms with Gasteiger partial charge in [-0.3, -0.25) is 9.59 Å². The van der Waals surface area contributed by atoms with Crippen LogP contribution in [0, 0.1) is 5.82 Å². The maximum atomic E-state index is 13.4. The highest BCUT2D eigenvalue weighted by atomic mass is 19.4. The predicted molar refractivity (Wildman–Crippen MR) is 65.2 cm³/mol. The third-order valence-electron chi connectivity index (χ3n) is 2.88. The fraction of sp³-hybridized carbons (Fsp3) is 0.231. The molecule has 0 aliphatic carbocycles. The van der Waals surface area contributed by atoms with Gasteiger partial charge in [0.15, 0.2) is 0 Å². The normalized spacial score (nSPS) is 11.7. The van der Waals surface area contributed by atoms with E-state index in [-0.39, 0.29) is 22.9 Å². The summed E-state index contributed by atoms with van der Waals surface area (Å²) in [5.74, 6) is -2.19. The van der Waals surface area contributed by atoms with Crippen LogP contribution in [0.3, 0.4) is 0 Å². The van der Waals surface area contributed by atoms with E-state index >= 15 is 0 Å². The fourth-order valence-electron chi connectivity index (χ4n) is 1.85. The van der Waals surface area contributed by atoms with Crippen LogP contribution < -0.4 is 5.56 Å². The molecule has 0 saturated carbocycles. The molecule has 0 spiro atoms. The second kappa shape index (κ2) is 5.19. The lowest BCUT2D eigenvalue weighted by molar-refractivity contribution is -0.140. The number of nitrogens with one attached hydrogen (secondary N) is 1. The van der Waals surface area contributed by atoms with Crippen molar-refractivity contribution < 1.29 is 27.1 Å². The van der Waals surface area contributed by atoms with Crippen LogP contribution in [-0.4, -0.2) is 18.1 Å². The molecule has 1 N–H and O–H groups in total. The van der Waals surface area contributed by atoms with Crippen LogP contribution in [0.1, 0.15) is 11.1 Å². The van der Waals surface area contributed by atoms with Gasteiger partial charge >= 0.3 is 12.1 Å². The molecular weight excluding hydrogens is 294 g/mol. The number of benzene rings is 1. The summed E-state index contributed by atoms with van der Waals surface area (Å²) in [4.78, 5) is 25.0. The molecule has 1 aromatic heterocycles. The van der Waals surface area contributed by atoms with Crippen molar-refractivity contribution in [1.29, 1.82) is 0 Å². The molecule has 4 nitrogen and oxygen atoms in total. The predicted octanol–water partition coefficient (Wildman–Crippen LogP) is 2.40. The van der Waals surface area contributed by atoms with Gasteiger partial charge in [0.2, 0.25) is 0 Å². The zero-order valence-corrected chi connectivity index (χ0v) is 10.7. The van der Waals surface area contributed by atoms with E-state index < -0.39 is 29.1 Å². The topological polar surface area (TPSA) is 59.2 Å². The van der Waals surface area contributed by atoms with Gasteiger partial charge in [0, 0.05) is 5.56 Å². The standard InChI is InChI=1S/C13H9F4NO3/c1-21-11(19)4-7-2-6-3-8(13(15,16)17)9(14)5-10(6)18-12(7)20/h2-3,5H,4H2,1H3,(H,18,20). The Hall–Kier alpha value is -2.38. The Morgan fingerprint density at radius 1 is 1.29 bits per heavy atom. The van der Waals surface area contributed by atoms with Gasteiger partial charge in [-0.25, -0.2) is 4.39 Å². The van der Waals surface area contributed by atoms with Crippen molar-refractivity contribution >= 4 is 16.9 Å². The molecule has 0 aliphatic heterocycles. The second-order valence-corrected chi connectivity index (χ2v) is 4.29. The van der Waals surface area contributed by atoms with E-state index in [0.717, 1.165) is 13.2 Å². The third kappa shape index (κ3) is 3.04. The molecule has 0 unspecified atom stereocenters. The Morgan fingerprint density at radius 2 is 1.95 bits per heavy atom. The molecule has 0 fully saturated rings. The van der Waals surface area contributed by atoms with Crippen molar-refractivity contribution in [3.8, 4) is 0 Å². The first kappa shape index (κ1) is 15.0. The Labute approximate surface area is 115 Å². The number of H-pyrrole nitrogens is 1. The summed E-state index contributed by atoms with van der Waals surface area (Å²) in [5.41, 5.74) is -2.27. The number of carbonyl (C=O) groups excluding carboxylic acids is 1. The number of hydrogen-bond donors (Lipinski definition) is 1. The highest BCUT2D eigenvalue weighted by Crippen LogP contribution is 2.33. The average molecular weight is 303 g/mol. The summed E-state index contributed by atoms with van der Waals surface area (Å²) in [6, 6.07) is 2.29. The van der Waals surface area contributed by atoms with Crippen LogP contribution in [0.25, 0.3) is 10.9 Å². The monoisotopic (exact) mass is 303 g/mol. The maximum Gasteiger partial charge on any atom is 0.419 e. The lowest BCUT2D eigenvalue weighted by Gasteiger charge is -2.10. The first-order valence-electron chi connectivity index (χ1n) is 5.72. The summed E-state index contributed by atoms with van der Waals surface area (Å²) in [5, 5.41) is -0.0257. The lowest BCUT2D eigenvalue weighted by Crippen LogP contribution is -2.17. The molecule has 1 heterocycles. The molecule has 8 heteroatoms. The van der Waals surface area contributed by atoms with Gasteiger partial charge in [-0.2, -0.15) is 13.2 Å². The van der Waals surface area contributed by atoms with Gasteiger partial charge in [0.25, 0.3) is 5.56 Å². The molecule has 1 aromatic carbocycles. The minimum Gasteiger partial charge on any atom is -0.469 e. The molecule has 0 saturated heterocycles. The first-order chi connectivity index (χ1) is 9.72. The number of halogens is 4. The van der Waals surface area contributed by atoms with E-state index in [1.54, 1.807) is 0 Å². The molecule has 0 radical (unpaired) electrons. The highest BCUT2D eigenvalue weighted by molar-refractivity contribution is 5.81. The number of rotatable bonds is 2. The van der Waals surface area contributed by atoms with Crippen LogP contribution >= 0.6 is 0 Å². The molecule has 0 aliphatic rings. The maximum absolute atomic E-state index is 13.4. The van der Waals surface area contributed by atoms with E-state index in [0.29, 0.717) is 12.1 Å². The number of alkyl halides is 3. The number of hydrogen-bond acceptors (Lipinski definition) is 3. The Kier molecular flexibility index (Phi) is 3.71. The number of carbonyl (C=O) groups is 1. The van der Waals surface area contributed by atoms with Crippen LogP contribution in [0.2, 0.25) is 0 Å². The molecule has 0 amide bonds. The van der Waals surface area contributed by atoms with Gasteiger partial charge in [-0.15, -0.1) is 0 Å². The number of esters is 1. The van der Waals surface area contributed by atoms with Crippen LogP contribution in [0.5, 0.6) is 0 Å². The summed E-state index contributed by atoms with van der Waals surface area (Å²) in [6.07, 6.45) is -5.24. The number of methoxy groups -OCH3 is 1. The number of aromatic nitrogens is 1.